The number of methoxy groups -OCH3 is 1. The number of anilines is 1. The fourth-order valence-electron chi connectivity index (χ4n) is 0.956. The van der Waals surface area contributed by atoms with E-state index < -0.39 is 0 Å². The second-order valence-electron chi connectivity index (χ2n) is 2.76. The van der Waals surface area contributed by atoms with Crippen molar-refractivity contribution in [1.29, 1.82) is 0 Å². The van der Waals surface area contributed by atoms with Gasteiger partial charge in [-0.15, -0.1) is 0 Å². The van der Waals surface area contributed by atoms with E-state index in [1.165, 1.54) is 7.11 Å². The molecule has 0 fully saturated rings. The van der Waals surface area contributed by atoms with E-state index in [1.807, 2.05) is 6.92 Å². The van der Waals surface area contributed by atoms with Crippen LogP contribution in [0.5, 0.6) is 0 Å². The van der Waals surface area contributed by atoms with Crippen molar-refractivity contribution in [2.24, 2.45) is 0 Å². The van der Waals surface area contributed by atoms with Crippen LogP contribution >= 0.6 is 0 Å². The lowest BCUT2D eigenvalue weighted by Gasteiger charge is -1.98. The molecule has 0 spiro atoms. The Hall–Kier alpha value is -1.52. The van der Waals surface area contributed by atoms with Crippen LogP contribution in [0.1, 0.15) is 12.1 Å². The summed E-state index contributed by atoms with van der Waals surface area (Å²) in [5.74, 6) is -0.244. The number of ether oxygens (including phenoxy) is 1. The molecule has 0 aromatic carbocycles. The fourth-order valence-corrected chi connectivity index (χ4v) is 0.956. The Kier molecular flexibility index (Phi) is 2.89. The molecule has 0 saturated heterocycles. The van der Waals surface area contributed by atoms with Crippen molar-refractivity contribution >= 4 is 11.7 Å². The van der Waals surface area contributed by atoms with Gasteiger partial charge in [-0.1, -0.05) is 0 Å². The predicted octanol–water partition coefficient (Wildman–Crippen LogP) is 0.337. The van der Waals surface area contributed by atoms with Crippen molar-refractivity contribution in [1.82, 2.24) is 9.78 Å². The van der Waals surface area contributed by atoms with Crippen LogP contribution in [-0.2, 0) is 16.1 Å². The maximum absolute atomic E-state index is 10.8. The summed E-state index contributed by atoms with van der Waals surface area (Å²) in [5.41, 5.74) is 7.01. The van der Waals surface area contributed by atoms with Gasteiger partial charge in [0.05, 0.1) is 31.5 Å². The molecule has 5 nitrogen and oxygen atoms in total. The molecule has 72 valence electrons. The van der Waals surface area contributed by atoms with Crippen LogP contribution in [0.25, 0.3) is 0 Å². The van der Waals surface area contributed by atoms with Gasteiger partial charge in [-0.2, -0.15) is 5.10 Å². The van der Waals surface area contributed by atoms with Crippen LogP contribution in [0.2, 0.25) is 0 Å². The molecule has 1 aromatic rings. The normalized spacial score (nSPS) is 10.0. The van der Waals surface area contributed by atoms with E-state index in [2.05, 4.69) is 9.84 Å². The average molecular weight is 183 g/mol. The molecular weight excluding hydrogens is 170 g/mol. The topological polar surface area (TPSA) is 70.1 Å². The number of aromatic nitrogens is 2. The third kappa shape index (κ3) is 2.47. The number of rotatable bonds is 3. The molecule has 1 aromatic heterocycles. The Morgan fingerprint density at radius 2 is 2.46 bits per heavy atom. The van der Waals surface area contributed by atoms with Crippen molar-refractivity contribution in [2.45, 2.75) is 19.9 Å². The molecule has 0 amide bonds. The summed E-state index contributed by atoms with van der Waals surface area (Å²) in [7, 11) is 1.37. The molecule has 5 heteroatoms. The molecule has 0 bridgehead atoms. The molecule has 0 unspecified atom stereocenters. The Morgan fingerprint density at radius 1 is 1.77 bits per heavy atom. The number of carbonyl (C=O) groups excluding carboxylic acids is 1. The van der Waals surface area contributed by atoms with Gasteiger partial charge in [0.2, 0.25) is 0 Å². The van der Waals surface area contributed by atoms with Gasteiger partial charge in [-0.3, -0.25) is 9.48 Å². The van der Waals surface area contributed by atoms with Crippen LogP contribution in [0.3, 0.4) is 0 Å². The lowest BCUT2D eigenvalue weighted by Crippen LogP contribution is -2.07. The molecular formula is C8H13N3O2. The van der Waals surface area contributed by atoms with Crippen LogP contribution in [0, 0.1) is 6.92 Å². The SMILES string of the molecule is COC(=O)CCn1cc(N)c(C)n1. The van der Waals surface area contributed by atoms with Crippen molar-refractivity contribution in [3.63, 3.8) is 0 Å². The first kappa shape index (κ1) is 9.57. The number of aryl methyl sites for hydroxylation is 2. The molecule has 0 radical (unpaired) electrons. The maximum Gasteiger partial charge on any atom is 0.307 e. The zero-order chi connectivity index (χ0) is 9.84. The van der Waals surface area contributed by atoms with E-state index in [-0.39, 0.29) is 5.97 Å². The van der Waals surface area contributed by atoms with E-state index in [9.17, 15) is 4.79 Å². The van der Waals surface area contributed by atoms with E-state index in [0.29, 0.717) is 18.7 Å². The van der Waals surface area contributed by atoms with E-state index in [1.54, 1.807) is 10.9 Å². The van der Waals surface area contributed by atoms with Gasteiger partial charge in [0, 0.05) is 6.20 Å². The summed E-state index contributed by atoms with van der Waals surface area (Å²) < 4.78 is 6.14. The number of carbonyl (C=O) groups is 1. The minimum atomic E-state index is -0.244. The lowest BCUT2D eigenvalue weighted by atomic mass is 10.4. The molecule has 13 heavy (non-hydrogen) atoms. The van der Waals surface area contributed by atoms with Gasteiger partial charge in [-0.05, 0) is 6.92 Å². The third-order valence-corrected chi connectivity index (χ3v) is 1.76. The minimum absolute atomic E-state index is 0.244. The Balaban J connectivity index is 2.50. The molecule has 0 saturated carbocycles. The van der Waals surface area contributed by atoms with Crippen molar-refractivity contribution in [2.75, 3.05) is 12.8 Å². The van der Waals surface area contributed by atoms with E-state index in [4.69, 9.17) is 5.73 Å². The van der Waals surface area contributed by atoms with Crippen LogP contribution in [0.4, 0.5) is 5.69 Å². The first-order valence-corrected chi connectivity index (χ1v) is 4.00. The highest BCUT2D eigenvalue weighted by atomic mass is 16.5. The van der Waals surface area contributed by atoms with Crippen LogP contribution in [0.15, 0.2) is 6.20 Å². The molecule has 1 heterocycles. The largest absolute Gasteiger partial charge is 0.469 e. The van der Waals surface area contributed by atoms with Crippen molar-refractivity contribution in [3.05, 3.63) is 11.9 Å². The zero-order valence-corrected chi connectivity index (χ0v) is 7.78. The number of nitrogens with two attached hydrogens (primary N) is 1. The third-order valence-electron chi connectivity index (χ3n) is 1.76. The summed E-state index contributed by atoms with van der Waals surface area (Å²) in [4.78, 5) is 10.8. The molecule has 1 rings (SSSR count). The summed E-state index contributed by atoms with van der Waals surface area (Å²) in [6, 6.07) is 0. The second-order valence-corrected chi connectivity index (χ2v) is 2.76. The molecule has 0 aliphatic carbocycles. The minimum Gasteiger partial charge on any atom is -0.469 e. The molecule has 0 atom stereocenters. The first-order valence-electron chi connectivity index (χ1n) is 4.00. The summed E-state index contributed by atoms with van der Waals surface area (Å²) in [5, 5.41) is 4.10. The van der Waals surface area contributed by atoms with Gasteiger partial charge in [-0.25, -0.2) is 0 Å². The smallest absolute Gasteiger partial charge is 0.307 e. The summed E-state index contributed by atoms with van der Waals surface area (Å²) in [6.45, 7) is 2.33. The monoisotopic (exact) mass is 183 g/mol. The van der Waals surface area contributed by atoms with Gasteiger partial charge < -0.3 is 10.5 Å². The number of hydrogen-bond acceptors (Lipinski definition) is 4. The number of hydrogen-bond donors (Lipinski definition) is 1. The number of nitrogen functional groups attached to an aromatic ring is 1. The maximum atomic E-state index is 10.8. The Morgan fingerprint density at radius 3 is 2.92 bits per heavy atom. The Labute approximate surface area is 76.5 Å². The molecule has 0 aliphatic rings. The quantitative estimate of drug-likeness (QED) is 0.686. The standard InChI is InChI=1S/C8H13N3O2/c1-6-7(9)5-11(10-6)4-3-8(12)13-2/h5H,3-4,9H2,1-2H3. The van der Waals surface area contributed by atoms with Crippen LogP contribution in [-0.4, -0.2) is 22.9 Å². The highest BCUT2D eigenvalue weighted by molar-refractivity contribution is 5.68. The zero-order valence-electron chi connectivity index (χ0n) is 7.78. The van der Waals surface area contributed by atoms with Crippen molar-refractivity contribution < 1.29 is 9.53 Å². The van der Waals surface area contributed by atoms with Gasteiger partial charge in [0.1, 0.15) is 0 Å². The lowest BCUT2D eigenvalue weighted by molar-refractivity contribution is -0.140. The average Bonchev–Trinajstić information content (AvgIpc) is 2.42. The fraction of sp³-hybridized carbons (Fsp3) is 0.500. The van der Waals surface area contributed by atoms with E-state index >= 15 is 0 Å². The van der Waals surface area contributed by atoms with Gasteiger partial charge in [0.15, 0.2) is 0 Å². The van der Waals surface area contributed by atoms with E-state index in [0.717, 1.165) is 5.69 Å². The first-order chi connectivity index (χ1) is 6.13. The highest BCUT2D eigenvalue weighted by Crippen LogP contribution is 2.06. The predicted molar refractivity (Wildman–Crippen MR) is 48.0 cm³/mol. The number of nitrogens with zero attached hydrogens (tertiary/aromatic N) is 2. The molecule has 2 N–H and O–H groups in total. The highest BCUT2D eigenvalue weighted by Gasteiger charge is 2.03. The number of esters is 1. The second kappa shape index (κ2) is 3.93. The molecule has 0 aliphatic heterocycles. The summed E-state index contributed by atoms with van der Waals surface area (Å²) >= 11 is 0. The Bertz CT molecular complexity index is 287. The summed E-state index contributed by atoms with van der Waals surface area (Å²) in [6.07, 6.45) is 2.02. The van der Waals surface area contributed by atoms with Gasteiger partial charge >= 0.3 is 5.97 Å². The van der Waals surface area contributed by atoms with Gasteiger partial charge in [0.25, 0.3) is 0 Å². The van der Waals surface area contributed by atoms with Crippen LogP contribution < -0.4 is 5.73 Å². The van der Waals surface area contributed by atoms with Crippen molar-refractivity contribution in [3.8, 4) is 0 Å².